The highest BCUT2D eigenvalue weighted by molar-refractivity contribution is 5.11. The summed E-state index contributed by atoms with van der Waals surface area (Å²) in [6, 6.07) is 1.71. The van der Waals surface area contributed by atoms with Gasteiger partial charge in [0, 0.05) is 37.2 Å². The Hall–Kier alpha value is -1.10. The molecule has 0 radical (unpaired) electrons. The van der Waals surface area contributed by atoms with Crippen LogP contribution in [0.5, 0.6) is 0 Å². The van der Waals surface area contributed by atoms with Crippen LogP contribution in [-0.4, -0.2) is 22.4 Å². The Morgan fingerprint density at radius 3 is 2.19 bits per heavy atom. The number of nitrogens with two attached hydrogens (primary N) is 1. The molecule has 0 atom stereocenters. The highest BCUT2D eigenvalue weighted by atomic mass is 19.3. The van der Waals surface area contributed by atoms with E-state index in [9.17, 15) is 8.78 Å². The number of alkyl halides is 2. The molecule has 3 nitrogen and oxygen atoms in total. The van der Waals surface area contributed by atoms with Crippen LogP contribution in [0.1, 0.15) is 31.5 Å². The van der Waals surface area contributed by atoms with Crippen molar-refractivity contribution in [1.29, 1.82) is 0 Å². The zero-order valence-electron chi connectivity index (χ0n) is 9.00. The van der Waals surface area contributed by atoms with E-state index in [-0.39, 0.29) is 12.8 Å². The van der Waals surface area contributed by atoms with E-state index >= 15 is 0 Å². The first-order valence-corrected chi connectivity index (χ1v) is 5.43. The molecule has 0 aromatic carbocycles. The molecule has 0 amide bonds. The van der Waals surface area contributed by atoms with Gasteiger partial charge in [0.25, 0.3) is 0 Å². The zero-order valence-corrected chi connectivity index (χ0v) is 9.00. The molecule has 2 rings (SSSR count). The van der Waals surface area contributed by atoms with Crippen LogP contribution in [-0.2, 0) is 5.41 Å². The summed E-state index contributed by atoms with van der Waals surface area (Å²) < 4.78 is 26.2. The summed E-state index contributed by atoms with van der Waals surface area (Å²) in [7, 11) is 0. The molecule has 1 heterocycles. The van der Waals surface area contributed by atoms with Crippen molar-refractivity contribution in [1.82, 2.24) is 9.97 Å². The third-order valence-electron chi connectivity index (χ3n) is 3.37. The highest BCUT2D eigenvalue weighted by Crippen LogP contribution is 2.43. The second-order valence-corrected chi connectivity index (χ2v) is 4.41. The number of hydrogen-bond acceptors (Lipinski definition) is 3. The first kappa shape index (κ1) is 11.4. The molecule has 16 heavy (non-hydrogen) atoms. The maximum atomic E-state index is 13.1. The summed E-state index contributed by atoms with van der Waals surface area (Å²) in [5.74, 6) is -1.94. The molecule has 0 unspecified atom stereocenters. The van der Waals surface area contributed by atoms with Crippen molar-refractivity contribution in [2.45, 2.75) is 37.0 Å². The summed E-state index contributed by atoms with van der Waals surface area (Å²) in [4.78, 5) is 8.31. The fourth-order valence-electron chi connectivity index (χ4n) is 2.19. The van der Waals surface area contributed by atoms with E-state index in [4.69, 9.17) is 5.73 Å². The van der Waals surface area contributed by atoms with Crippen LogP contribution in [0.2, 0.25) is 0 Å². The van der Waals surface area contributed by atoms with Crippen LogP contribution in [0.15, 0.2) is 18.5 Å². The molecule has 1 aliphatic rings. The van der Waals surface area contributed by atoms with Crippen molar-refractivity contribution in [3.63, 3.8) is 0 Å². The summed E-state index contributed by atoms with van der Waals surface area (Å²) in [5, 5.41) is 0. The summed E-state index contributed by atoms with van der Waals surface area (Å²) >= 11 is 0. The molecule has 0 saturated heterocycles. The number of rotatable bonds is 2. The standard InChI is InChI=1S/C11H15F2N3/c12-11(13)4-2-10(8-14,3-5-11)9-15-6-1-7-16-9/h1,6-7H,2-5,8,14H2. The van der Waals surface area contributed by atoms with Gasteiger partial charge in [-0.15, -0.1) is 0 Å². The van der Waals surface area contributed by atoms with Crippen molar-refractivity contribution >= 4 is 0 Å². The Morgan fingerprint density at radius 2 is 1.69 bits per heavy atom. The van der Waals surface area contributed by atoms with Gasteiger partial charge in [-0.2, -0.15) is 0 Å². The van der Waals surface area contributed by atoms with Gasteiger partial charge in [0.05, 0.1) is 0 Å². The number of hydrogen-bond donors (Lipinski definition) is 1. The molecule has 1 aliphatic carbocycles. The first-order chi connectivity index (χ1) is 7.58. The first-order valence-electron chi connectivity index (χ1n) is 5.43. The van der Waals surface area contributed by atoms with Gasteiger partial charge in [0.15, 0.2) is 0 Å². The minimum absolute atomic E-state index is 0.123. The van der Waals surface area contributed by atoms with E-state index in [0.717, 1.165) is 0 Å². The van der Waals surface area contributed by atoms with Crippen LogP contribution in [0, 0.1) is 0 Å². The molecule has 0 aliphatic heterocycles. The molecule has 1 aromatic rings. The van der Waals surface area contributed by atoms with E-state index in [1.54, 1.807) is 18.5 Å². The number of nitrogens with zero attached hydrogens (tertiary/aromatic N) is 2. The normalized spacial score (nSPS) is 22.9. The van der Waals surface area contributed by atoms with Crippen molar-refractivity contribution < 1.29 is 8.78 Å². The minimum Gasteiger partial charge on any atom is -0.329 e. The average Bonchev–Trinajstić information content (AvgIpc) is 2.31. The molecule has 5 heteroatoms. The summed E-state index contributed by atoms with van der Waals surface area (Å²) in [6.45, 7) is 0.326. The van der Waals surface area contributed by atoms with Gasteiger partial charge < -0.3 is 5.73 Å². The molecule has 1 saturated carbocycles. The van der Waals surface area contributed by atoms with Gasteiger partial charge in [-0.1, -0.05) is 0 Å². The van der Waals surface area contributed by atoms with Crippen LogP contribution in [0.3, 0.4) is 0 Å². The zero-order chi connectivity index (χ0) is 11.6. The predicted molar refractivity (Wildman–Crippen MR) is 56.2 cm³/mol. The third kappa shape index (κ3) is 2.04. The molecular formula is C11H15F2N3. The van der Waals surface area contributed by atoms with E-state index in [0.29, 0.717) is 25.2 Å². The van der Waals surface area contributed by atoms with Gasteiger partial charge in [0.1, 0.15) is 5.82 Å². The lowest BCUT2D eigenvalue weighted by atomic mass is 9.72. The molecule has 0 bridgehead atoms. The lowest BCUT2D eigenvalue weighted by molar-refractivity contribution is -0.0519. The van der Waals surface area contributed by atoms with Gasteiger partial charge in [-0.25, -0.2) is 18.7 Å². The lowest BCUT2D eigenvalue weighted by Gasteiger charge is -2.37. The SMILES string of the molecule is NCC1(c2ncccn2)CCC(F)(F)CC1. The maximum absolute atomic E-state index is 13.1. The molecule has 88 valence electrons. The van der Waals surface area contributed by atoms with Gasteiger partial charge in [-0.05, 0) is 18.9 Å². The maximum Gasteiger partial charge on any atom is 0.248 e. The summed E-state index contributed by atoms with van der Waals surface area (Å²) in [6.07, 6.45) is 3.74. The number of aromatic nitrogens is 2. The fourth-order valence-corrected chi connectivity index (χ4v) is 2.19. The monoisotopic (exact) mass is 227 g/mol. The highest BCUT2D eigenvalue weighted by Gasteiger charge is 2.45. The Balaban J connectivity index is 2.23. The van der Waals surface area contributed by atoms with Crippen LogP contribution in [0.4, 0.5) is 8.78 Å². The Bertz CT molecular complexity index is 344. The predicted octanol–water partition coefficient (Wildman–Crippen LogP) is 1.88. The van der Waals surface area contributed by atoms with Crippen molar-refractivity contribution in [3.8, 4) is 0 Å². The quantitative estimate of drug-likeness (QED) is 0.839. The van der Waals surface area contributed by atoms with Crippen LogP contribution in [0.25, 0.3) is 0 Å². The Labute approximate surface area is 93.1 Å². The Kier molecular flexibility index (Phi) is 2.88. The Morgan fingerprint density at radius 1 is 1.12 bits per heavy atom. The van der Waals surface area contributed by atoms with Gasteiger partial charge >= 0.3 is 0 Å². The third-order valence-corrected chi connectivity index (χ3v) is 3.37. The largest absolute Gasteiger partial charge is 0.329 e. The summed E-state index contributed by atoms with van der Waals surface area (Å²) in [5.41, 5.74) is 5.28. The lowest BCUT2D eigenvalue weighted by Crippen LogP contribution is -2.43. The van der Waals surface area contributed by atoms with Crippen molar-refractivity contribution in [3.05, 3.63) is 24.3 Å². The minimum atomic E-state index is -2.55. The molecule has 1 aromatic heterocycles. The van der Waals surface area contributed by atoms with Crippen molar-refractivity contribution in [2.24, 2.45) is 5.73 Å². The number of halogens is 2. The van der Waals surface area contributed by atoms with E-state index in [1.165, 1.54) is 0 Å². The molecule has 1 fully saturated rings. The van der Waals surface area contributed by atoms with Gasteiger partial charge in [0.2, 0.25) is 5.92 Å². The van der Waals surface area contributed by atoms with E-state index in [2.05, 4.69) is 9.97 Å². The molecular weight excluding hydrogens is 212 g/mol. The van der Waals surface area contributed by atoms with Gasteiger partial charge in [-0.3, -0.25) is 0 Å². The van der Waals surface area contributed by atoms with Crippen LogP contribution < -0.4 is 5.73 Å². The average molecular weight is 227 g/mol. The topological polar surface area (TPSA) is 51.8 Å². The van der Waals surface area contributed by atoms with E-state index in [1.807, 2.05) is 0 Å². The molecule has 2 N–H and O–H groups in total. The fraction of sp³-hybridized carbons (Fsp3) is 0.636. The second kappa shape index (κ2) is 4.05. The van der Waals surface area contributed by atoms with Crippen molar-refractivity contribution in [2.75, 3.05) is 6.54 Å². The smallest absolute Gasteiger partial charge is 0.248 e. The van der Waals surface area contributed by atoms with E-state index < -0.39 is 11.3 Å². The van der Waals surface area contributed by atoms with Crippen LogP contribution >= 0.6 is 0 Å². The second-order valence-electron chi connectivity index (χ2n) is 4.41. The molecule has 0 spiro atoms.